The van der Waals surface area contributed by atoms with Crippen LogP contribution in [0.2, 0.25) is 0 Å². The molecule has 2 rings (SSSR count). The van der Waals surface area contributed by atoms with Crippen LogP contribution in [0.5, 0.6) is 0 Å². The van der Waals surface area contributed by atoms with Crippen LogP contribution in [0.4, 0.5) is 10.6 Å². The quantitative estimate of drug-likeness (QED) is 0.505. The zero-order valence-corrected chi connectivity index (χ0v) is 16.1. The second kappa shape index (κ2) is 10.8. The van der Waals surface area contributed by atoms with Crippen LogP contribution in [-0.2, 0) is 9.53 Å². The number of ether oxygens (including phenoxy) is 1. The molecule has 9 nitrogen and oxygen atoms in total. The van der Waals surface area contributed by atoms with Gasteiger partial charge in [0.2, 0.25) is 0 Å². The van der Waals surface area contributed by atoms with Crippen molar-refractivity contribution in [3.8, 4) is 0 Å². The standard InChI is InChI=1S/C19H25N5O4/c1-3-28-16(25)9-5-4-6-11-21-19(27)24-13-10-15(23-24)18(26)22-17-14(2)8-7-12-20-17/h7-8,10,12-13H,3-6,9,11H2,1-2H3,(H,21,27)(H,20,22,26). The summed E-state index contributed by atoms with van der Waals surface area (Å²) in [5, 5.41) is 9.39. The monoisotopic (exact) mass is 387 g/mol. The molecule has 0 saturated carbocycles. The van der Waals surface area contributed by atoms with E-state index >= 15 is 0 Å². The molecule has 0 aliphatic carbocycles. The number of nitrogens with one attached hydrogen (secondary N) is 2. The minimum Gasteiger partial charge on any atom is -0.466 e. The highest BCUT2D eigenvalue weighted by Crippen LogP contribution is 2.10. The molecule has 150 valence electrons. The first-order valence-corrected chi connectivity index (χ1v) is 9.23. The van der Waals surface area contributed by atoms with Gasteiger partial charge < -0.3 is 15.4 Å². The smallest absolute Gasteiger partial charge is 0.342 e. The molecule has 2 N–H and O–H groups in total. The van der Waals surface area contributed by atoms with E-state index in [1.54, 1.807) is 19.2 Å². The highest BCUT2D eigenvalue weighted by Gasteiger charge is 2.14. The first-order valence-electron chi connectivity index (χ1n) is 9.23. The normalized spacial score (nSPS) is 10.4. The molecule has 0 unspecified atom stereocenters. The molecule has 9 heteroatoms. The van der Waals surface area contributed by atoms with Gasteiger partial charge in [0.25, 0.3) is 5.91 Å². The topological polar surface area (TPSA) is 115 Å². The third kappa shape index (κ3) is 6.49. The summed E-state index contributed by atoms with van der Waals surface area (Å²) in [4.78, 5) is 39.6. The van der Waals surface area contributed by atoms with Crippen LogP contribution in [0.1, 0.15) is 48.7 Å². The summed E-state index contributed by atoms with van der Waals surface area (Å²) in [6.45, 7) is 4.45. The maximum absolute atomic E-state index is 12.2. The van der Waals surface area contributed by atoms with E-state index in [0.29, 0.717) is 31.8 Å². The molecule has 2 heterocycles. The van der Waals surface area contributed by atoms with Crippen molar-refractivity contribution in [3.05, 3.63) is 41.9 Å². The Kier molecular flexibility index (Phi) is 8.13. The molecule has 0 spiro atoms. The van der Waals surface area contributed by atoms with Crippen molar-refractivity contribution >= 4 is 23.7 Å². The van der Waals surface area contributed by atoms with Crippen LogP contribution in [-0.4, -0.2) is 45.8 Å². The molecule has 0 atom stereocenters. The number of hydrogen-bond acceptors (Lipinski definition) is 6. The highest BCUT2D eigenvalue weighted by molar-refractivity contribution is 6.02. The van der Waals surface area contributed by atoms with Crippen molar-refractivity contribution in [2.45, 2.75) is 39.5 Å². The van der Waals surface area contributed by atoms with Crippen molar-refractivity contribution in [2.24, 2.45) is 0 Å². The number of carbonyl (C=O) groups is 3. The number of nitrogens with zero attached hydrogens (tertiary/aromatic N) is 3. The molecule has 0 aliphatic rings. The first-order chi connectivity index (χ1) is 13.5. The minimum atomic E-state index is -0.438. The number of pyridine rings is 1. The molecule has 2 aromatic rings. The van der Waals surface area contributed by atoms with Gasteiger partial charge in [-0.3, -0.25) is 9.59 Å². The van der Waals surface area contributed by atoms with E-state index in [1.165, 1.54) is 12.3 Å². The number of esters is 1. The fraction of sp³-hybridized carbons (Fsp3) is 0.421. The van der Waals surface area contributed by atoms with E-state index in [9.17, 15) is 14.4 Å². The lowest BCUT2D eigenvalue weighted by atomic mass is 10.2. The number of rotatable bonds is 9. The summed E-state index contributed by atoms with van der Waals surface area (Å²) in [6, 6.07) is 4.66. The van der Waals surface area contributed by atoms with Crippen LogP contribution in [0.25, 0.3) is 0 Å². The molecular formula is C19H25N5O4. The van der Waals surface area contributed by atoms with Gasteiger partial charge in [0, 0.05) is 25.4 Å². The van der Waals surface area contributed by atoms with Gasteiger partial charge in [-0.25, -0.2) is 9.78 Å². The van der Waals surface area contributed by atoms with Crippen molar-refractivity contribution < 1.29 is 19.1 Å². The predicted octanol–water partition coefficient (Wildman–Crippen LogP) is 2.52. The molecule has 2 aromatic heterocycles. The molecule has 0 aromatic carbocycles. The highest BCUT2D eigenvalue weighted by atomic mass is 16.5. The van der Waals surface area contributed by atoms with E-state index in [-0.39, 0.29) is 11.7 Å². The Hall–Kier alpha value is -3.23. The lowest BCUT2D eigenvalue weighted by molar-refractivity contribution is -0.143. The number of aryl methyl sites for hydroxylation is 1. The number of hydrogen-bond donors (Lipinski definition) is 2. The van der Waals surface area contributed by atoms with Crippen LogP contribution in [0.15, 0.2) is 30.6 Å². The molecule has 0 saturated heterocycles. The van der Waals surface area contributed by atoms with E-state index in [1.807, 2.05) is 13.0 Å². The average Bonchev–Trinajstić information content (AvgIpc) is 3.17. The SMILES string of the molecule is CCOC(=O)CCCCCNC(=O)n1ccc(C(=O)Nc2ncccc2C)n1. The summed E-state index contributed by atoms with van der Waals surface area (Å²) in [5.41, 5.74) is 0.950. The predicted molar refractivity (Wildman–Crippen MR) is 103 cm³/mol. The summed E-state index contributed by atoms with van der Waals surface area (Å²) in [7, 11) is 0. The van der Waals surface area contributed by atoms with Crippen LogP contribution < -0.4 is 10.6 Å². The Morgan fingerprint density at radius 1 is 1.18 bits per heavy atom. The van der Waals surface area contributed by atoms with Crippen molar-refractivity contribution in [3.63, 3.8) is 0 Å². The molecule has 0 bridgehead atoms. The number of carbonyl (C=O) groups excluding carboxylic acids is 3. The van der Waals surface area contributed by atoms with Gasteiger partial charge in [0.05, 0.1) is 6.61 Å². The number of anilines is 1. The summed E-state index contributed by atoms with van der Waals surface area (Å²) in [5.74, 6) is -0.184. The lowest BCUT2D eigenvalue weighted by Gasteiger charge is -2.06. The number of unbranched alkanes of at least 4 members (excludes halogenated alkanes) is 2. The second-order valence-electron chi connectivity index (χ2n) is 6.12. The Balaban J connectivity index is 1.73. The van der Waals surface area contributed by atoms with Gasteiger partial charge in [-0.15, -0.1) is 0 Å². The average molecular weight is 387 g/mol. The van der Waals surface area contributed by atoms with Gasteiger partial charge in [-0.05, 0) is 44.4 Å². The van der Waals surface area contributed by atoms with Crippen molar-refractivity contribution in [1.82, 2.24) is 20.1 Å². The van der Waals surface area contributed by atoms with Crippen molar-refractivity contribution in [1.29, 1.82) is 0 Å². The Labute approximate surface area is 163 Å². The zero-order valence-electron chi connectivity index (χ0n) is 16.1. The maximum Gasteiger partial charge on any atom is 0.342 e. The largest absolute Gasteiger partial charge is 0.466 e. The third-order valence-electron chi connectivity index (χ3n) is 3.91. The Bertz CT molecular complexity index is 818. The summed E-state index contributed by atoms with van der Waals surface area (Å²) >= 11 is 0. The van der Waals surface area contributed by atoms with E-state index in [0.717, 1.165) is 23.1 Å². The van der Waals surface area contributed by atoms with E-state index in [4.69, 9.17) is 4.74 Å². The zero-order chi connectivity index (χ0) is 20.4. The summed E-state index contributed by atoms with van der Waals surface area (Å²) < 4.78 is 5.94. The van der Waals surface area contributed by atoms with Crippen LogP contribution >= 0.6 is 0 Å². The fourth-order valence-electron chi connectivity index (χ4n) is 2.43. The van der Waals surface area contributed by atoms with Gasteiger partial charge in [-0.1, -0.05) is 12.5 Å². The van der Waals surface area contributed by atoms with Gasteiger partial charge in [-0.2, -0.15) is 9.78 Å². The van der Waals surface area contributed by atoms with E-state index in [2.05, 4.69) is 20.7 Å². The number of aromatic nitrogens is 3. The maximum atomic E-state index is 12.2. The van der Waals surface area contributed by atoms with Crippen molar-refractivity contribution in [2.75, 3.05) is 18.5 Å². The van der Waals surface area contributed by atoms with Crippen LogP contribution in [0, 0.1) is 6.92 Å². The molecule has 0 radical (unpaired) electrons. The minimum absolute atomic E-state index is 0.120. The van der Waals surface area contributed by atoms with Gasteiger partial charge in [0.15, 0.2) is 5.69 Å². The first kappa shape index (κ1) is 21.1. The van der Waals surface area contributed by atoms with E-state index < -0.39 is 11.9 Å². The molecule has 28 heavy (non-hydrogen) atoms. The van der Waals surface area contributed by atoms with Gasteiger partial charge in [0.1, 0.15) is 5.82 Å². The Morgan fingerprint density at radius 3 is 2.75 bits per heavy atom. The lowest BCUT2D eigenvalue weighted by Crippen LogP contribution is -2.30. The number of amides is 2. The summed E-state index contributed by atoms with van der Waals surface area (Å²) in [6.07, 6.45) is 5.65. The third-order valence-corrected chi connectivity index (χ3v) is 3.91. The molecular weight excluding hydrogens is 362 g/mol. The van der Waals surface area contributed by atoms with Crippen LogP contribution in [0.3, 0.4) is 0 Å². The Morgan fingerprint density at radius 2 is 2.00 bits per heavy atom. The second-order valence-corrected chi connectivity index (χ2v) is 6.12. The molecule has 0 fully saturated rings. The molecule has 2 amide bonds. The van der Waals surface area contributed by atoms with Gasteiger partial charge >= 0.3 is 12.0 Å². The molecule has 0 aliphatic heterocycles. The fourth-order valence-corrected chi connectivity index (χ4v) is 2.43.